The number of benzene rings is 1. The fourth-order valence-electron chi connectivity index (χ4n) is 1.66. The highest BCUT2D eigenvalue weighted by molar-refractivity contribution is 9.10. The fourth-order valence-corrected chi connectivity index (χ4v) is 2.21. The number of carbonyl (C=O) groups is 1. The summed E-state index contributed by atoms with van der Waals surface area (Å²) in [5.74, 6) is 0.0298. The zero-order valence-electron chi connectivity index (χ0n) is 8.93. The molecule has 0 radical (unpaired) electrons. The second kappa shape index (κ2) is 5.46. The number of hydroxylamine groups is 2. The van der Waals surface area contributed by atoms with E-state index in [1.165, 1.54) is 5.06 Å². The molecule has 1 aliphatic heterocycles. The van der Waals surface area contributed by atoms with E-state index in [9.17, 15) is 4.79 Å². The first-order chi connectivity index (χ1) is 7.77. The summed E-state index contributed by atoms with van der Waals surface area (Å²) in [5, 5.41) is 1.47. The third-order valence-electron chi connectivity index (χ3n) is 2.56. The van der Waals surface area contributed by atoms with Crippen molar-refractivity contribution in [3.63, 3.8) is 0 Å². The van der Waals surface area contributed by atoms with Crippen LogP contribution in [0.4, 0.5) is 0 Å². The van der Waals surface area contributed by atoms with E-state index >= 15 is 0 Å². The molecule has 1 aromatic rings. The van der Waals surface area contributed by atoms with E-state index in [-0.39, 0.29) is 10.7 Å². The Morgan fingerprint density at radius 1 is 1.38 bits per heavy atom. The molecule has 0 saturated carbocycles. The zero-order valence-corrected chi connectivity index (χ0v) is 10.5. The first-order valence-electron chi connectivity index (χ1n) is 5.39. The predicted octanol–water partition coefficient (Wildman–Crippen LogP) is 2.50. The Labute approximate surface area is 103 Å². The Morgan fingerprint density at radius 2 is 2.12 bits per heavy atom. The summed E-state index contributed by atoms with van der Waals surface area (Å²) < 4.78 is 0. The molecule has 0 aromatic heterocycles. The van der Waals surface area contributed by atoms with E-state index in [2.05, 4.69) is 15.9 Å². The molecular formula is C12H14BrNO2. The lowest BCUT2D eigenvalue weighted by atomic mass is 10.1. The molecular weight excluding hydrogens is 270 g/mol. The number of nitrogens with zero attached hydrogens (tertiary/aromatic N) is 1. The maximum Gasteiger partial charge on any atom is 0.259 e. The van der Waals surface area contributed by atoms with Crippen LogP contribution in [0, 0.1) is 0 Å². The van der Waals surface area contributed by atoms with Crippen molar-refractivity contribution in [3.8, 4) is 0 Å². The Kier molecular flexibility index (Phi) is 3.96. The van der Waals surface area contributed by atoms with Crippen LogP contribution < -0.4 is 0 Å². The number of amides is 1. The van der Waals surface area contributed by atoms with E-state index in [1.807, 2.05) is 30.3 Å². The van der Waals surface area contributed by atoms with Crippen molar-refractivity contribution in [1.29, 1.82) is 0 Å². The largest absolute Gasteiger partial charge is 0.271 e. The molecule has 1 aliphatic rings. The van der Waals surface area contributed by atoms with Gasteiger partial charge in [0.15, 0.2) is 0 Å². The minimum absolute atomic E-state index is 0.0298. The fraction of sp³-hybridized carbons (Fsp3) is 0.417. The van der Waals surface area contributed by atoms with Gasteiger partial charge in [-0.25, -0.2) is 5.06 Å². The van der Waals surface area contributed by atoms with E-state index < -0.39 is 0 Å². The van der Waals surface area contributed by atoms with Crippen molar-refractivity contribution >= 4 is 21.8 Å². The summed E-state index contributed by atoms with van der Waals surface area (Å²) in [6.45, 7) is 1.14. The van der Waals surface area contributed by atoms with Crippen LogP contribution in [-0.2, 0) is 16.2 Å². The molecule has 1 aromatic carbocycles. The van der Waals surface area contributed by atoms with Crippen LogP contribution in [0.15, 0.2) is 30.3 Å². The quantitative estimate of drug-likeness (QED) is 0.798. The highest BCUT2D eigenvalue weighted by atomic mass is 79.9. The standard InChI is InChI=1S/C12H14BrNO2/c13-11-7-4-8-14(12(11)15)16-9-10-5-2-1-3-6-10/h1-3,5-6,11H,4,7-9H2. The first-order valence-corrected chi connectivity index (χ1v) is 6.31. The minimum atomic E-state index is -0.0861. The lowest BCUT2D eigenvalue weighted by Gasteiger charge is -2.28. The van der Waals surface area contributed by atoms with Crippen LogP contribution in [0.25, 0.3) is 0 Å². The first kappa shape index (κ1) is 11.6. The number of piperidine rings is 1. The molecule has 0 spiro atoms. The molecule has 1 atom stereocenters. The highest BCUT2D eigenvalue weighted by Gasteiger charge is 2.27. The second-order valence-electron chi connectivity index (χ2n) is 3.81. The summed E-state index contributed by atoms with van der Waals surface area (Å²) >= 11 is 3.35. The van der Waals surface area contributed by atoms with Crippen LogP contribution in [0.3, 0.4) is 0 Å². The summed E-state index contributed by atoms with van der Waals surface area (Å²) in [7, 11) is 0. The maximum absolute atomic E-state index is 11.7. The second-order valence-corrected chi connectivity index (χ2v) is 4.91. The van der Waals surface area contributed by atoms with E-state index in [1.54, 1.807) is 0 Å². The van der Waals surface area contributed by atoms with Gasteiger partial charge >= 0.3 is 0 Å². The average molecular weight is 284 g/mol. The Hall–Kier alpha value is -0.870. The molecule has 1 heterocycles. The summed E-state index contributed by atoms with van der Waals surface area (Å²) in [5.41, 5.74) is 1.08. The van der Waals surface area contributed by atoms with Crippen molar-refractivity contribution < 1.29 is 9.63 Å². The molecule has 0 N–H and O–H groups in total. The molecule has 2 rings (SSSR count). The number of hydrogen-bond donors (Lipinski definition) is 0. The van der Waals surface area contributed by atoms with Gasteiger partial charge in [0.1, 0.15) is 6.61 Å². The Balaban J connectivity index is 1.88. The topological polar surface area (TPSA) is 29.5 Å². The highest BCUT2D eigenvalue weighted by Crippen LogP contribution is 2.19. The number of rotatable bonds is 3. The minimum Gasteiger partial charge on any atom is -0.271 e. The molecule has 0 bridgehead atoms. The maximum atomic E-state index is 11.7. The number of alkyl halides is 1. The number of hydrogen-bond acceptors (Lipinski definition) is 2. The van der Waals surface area contributed by atoms with Gasteiger partial charge in [-0.2, -0.15) is 0 Å². The molecule has 1 fully saturated rings. The van der Waals surface area contributed by atoms with Crippen LogP contribution in [0.2, 0.25) is 0 Å². The van der Waals surface area contributed by atoms with Gasteiger partial charge in [-0.15, -0.1) is 0 Å². The van der Waals surface area contributed by atoms with Crippen molar-refractivity contribution in [3.05, 3.63) is 35.9 Å². The third-order valence-corrected chi connectivity index (χ3v) is 3.41. The van der Waals surface area contributed by atoms with Crippen molar-refractivity contribution in [2.45, 2.75) is 24.3 Å². The van der Waals surface area contributed by atoms with Gasteiger partial charge in [-0.05, 0) is 18.4 Å². The van der Waals surface area contributed by atoms with Crippen molar-refractivity contribution in [2.75, 3.05) is 6.54 Å². The monoisotopic (exact) mass is 283 g/mol. The summed E-state index contributed by atoms with van der Waals surface area (Å²) in [6, 6.07) is 9.86. The third kappa shape index (κ3) is 2.83. The smallest absolute Gasteiger partial charge is 0.259 e. The van der Waals surface area contributed by atoms with E-state index in [0.717, 1.165) is 18.4 Å². The molecule has 1 amide bonds. The van der Waals surface area contributed by atoms with Gasteiger partial charge in [0.2, 0.25) is 0 Å². The lowest BCUT2D eigenvalue weighted by molar-refractivity contribution is -0.195. The van der Waals surface area contributed by atoms with Crippen molar-refractivity contribution in [2.24, 2.45) is 0 Å². The van der Waals surface area contributed by atoms with E-state index in [4.69, 9.17) is 4.84 Å². The van der Waals surface area contributed by atoms with Crippen LogP contribution in [-0.4, -0.2) is 22.3 Å². The summed E-state index contributed by atoms with van der Waals surface area (Å²) in [6.07, 6.45) is 1.88. The molecule has 1 saturated heterocycles. The van der Waals surface area contributed by atoms with Crippen LogP contribution in [0.1, 0.15) is 18.4 Å². The number of halogens is 1. The number of carbonyl (C=O) groups excluding carboxylic acids is 1. The Morgan fingerprint density at radius 3 is 2.88 bits per heavy atom. The molecule has 1 unspecified atom stereocenters. The van der Waals surface area contributed by atoms with Gasteiger partial charge in [-0.3, -0.25) is 9.63 Å². The Bertz CT molecular complexity index is 355. The van der Waals surface area contributed by atoms with Crippen LogP contribution >= 0.6 is 15.9 Å². The van der Waals surface area contributed by atoms with Crippen molar-refractivity contribution in [1.82, 2.24) is 5.06 Å². The normalized spacial score (nSPS) is 21.2. The van der Waals surface area contributed by atoms with Gasteiger partial charge < -0.3 is 0 Å². The molecule has 16 heavy (non-hydrogen) atoms. The predicted molar refractivity (Wildman–Crippen MR) is 64.9 cm³/mol. The lowest BCUT2D eigenvalue weighted by Crippen LogP contribution is -2.41. The molecule has 4 heteroatoms. The molecule has 86 valence electrons. The van der Waals surface area contributed by atoms with Gasteiger partial charge in [0, 0.05) is 6.54 Å². The molecule has 0 aliphatic carbocycles. The SMILES string of the molecule is O=C1C(Br)CCCN1OCc1ccccc1. The van der Waals surface area contributed by atoms with Gasteiger partial charge in [0.05, 0.1) is 4.83 Å². The average Bonchev–Trinajstić information content (AvgIpc) is 2.32. The van der Waals surface area contributed by atoms with E-state index in [0.29, 0.717) is 13.2 Å². The zero-order chi connectivity index (χ0) is 11.4. The van der Waals surface area contributed by atoms with Gasteiger partial charge in [-0.1, -0.05) is 46.3 Å². The van der Waals surface area contributed by atoms with Crippen LogP contribution in [0.5, 0.6) is 0 Å². The van der Waals surface area contributed by atoms with Gasteiger partial charge in [0.25, 0.3) is 5.91 Å². The molecule has 3 nitrogen and oxygen atoms in total. The summed E-state index contributed by atoms with van der Waals surface area (Å²) in [4.78, 5) is 17.1.